The van der Waals surface area contributed by atoms with E-state index in [1.165, 1.54) is 31.4 Å². The van der Waals surface area contributed by atoms with Crippen molar-refractivity contribution in [3.05, 3.63) is 12.7 Å². The number of nitrogen functional groups attached to an aromatic ring is 1. The Hall–Kier alpha value is -1.75. The number of fused-ring (bicyclic) bond motifs is 1. The van der Waals surface area contributed by atoms with Gasteiger partial charge >= 0.3 is 15.6 Å². The maximum Gasteiger partial charge on any atom is 0.483 e. The van der Waals surface area contributed by atoms with Gasteiger partial charge < -0.3 is 60.0 Å². The summed E-state index contributed by atoms with van der Waals surface area (Å²) in [6.45, 7) is -1.69. The fourth-order valence-corrected chi connectivity index (χ4v) is 6.36. The van der Waals surface area contributed by atoms with Crippen LogP contribution in [0.5, 0.6) is 0 Å². The summed E-state index contributed by atoms with van der Waals surface area (Å²) in [5.74, 6) is 0.109. The van der Waals surface area contributed by atoms with Crippen LogP contribution in [0.4, 0.5) is 5.82 Å². The molecule has 3 rings (SSSR count). The van der Waals surface area contributed by atoms with Crippen molar-refractivity contribution in [3.8, 4) is 0 Å². The van der Waals surface area contributed by atoms with Crippen molar-refractivity contribution in [1.29, 1.82) is 0 Å². The monoisotopic (exact) mass is 663 g/mol. The number of methoxy groups -OCH3 is 2. The SMILES string of the molecule is COC1C(COP(=O)(O)OP(=O)(O)OC(OC([C@H](C)O)[C@H](O)CO)[C@H](O)CO)OC(n2cnc3c(N)ncnc32)C1OC. The smallest absolute Gasteiger partial charge is 0.394 e. The zero-order valence-electron chi connectivity index (χ0n) is 23.0. The zero-order chi connectivity index (χ0) is 32.1. The van der Waals surface area contributed by atoms with E-state index in [2.05, 4.69) is 23.8 Å². The third-order valence-electron chi connectivity index (χ3n) is 6.17. The Kier molecular flexibility index (Phi) is 12.5. The number of anilines is 1. The van der Waals surface area contributed by atoms with Crippen LogP contribution in [0.2, 0.25) is 0 Å². The van der Waals surface area contributed by atoms with Crippen LogP contribution in [0.15, 0.2) is 12.7 Å². The average molecular weight is 663 g/mol. The Morgan fingerprint density at radius 1 is 1.02 bits per heavy atom. The number of nitrogens with two attached hydrogens (primary N) is 1. The summed E-state index contributed by atoms with van der Waals surface area (Å²) < 4.78 is 62.4. The van der Waals surface area contributed by atoms with Gasteiger partial charge in [-0.15, -0.1) is 0 Å². The molecule has 0 radical (unpaired) electrons. The lowest BCUT2D eigenvalue weighted by Crippen LogP contribution is -2.46. The predicted molar refractivity (Wildman–Crippen MR) is 140 cm³/mol. The molecule has 0 bridgehead atoms. The van der Waals surface area contributed by atoms with Crippen molar-refractivity contribution >= 4 is 32.6 Å². The molecule has 1 aliphatic heterocycles. The molecule has 246 valence electrons. The van der Waals surface area contributed by atoms with Crippen LogP contribution in [-0.2, 0) is 41.4 Å². The lowest BCUT2D eigenvalue weighted by molar-refractivity contribution is -0.226. The Balaban J connectivity index is 1.71. The van der Waals surface area contributed by atoms with Gasteiger partial charge in [0, 0.05) is 14.2 Å². The summed E-state index contributed by atoms with van der Waals surface area (Å²) in [6, 6.07) is 0. The minimum absolute atomic E-state index is 0.109. The van der Waals surface area contributed by atoms with E-state index >= 15 is 0 Å². The van der Waals surface area contributed by atoms with Crippen molar-refractivity contribution in [2.75, 3.05) is 39.8 Å². The molecule has 8 unspecified atom stereocenters. The first kappa shape index (κ1) is 35.7. The lowest BCUT2D eigenvalue weighted by atomic mass is 10.1. The molecule has 0 aromatic carbocycles. The van der Waals surface area contributed by atoms with Crippen molar-refractivity contribution in [2.45, 2.75) is 62.2 Å². The first-order valence-electron chi connectivity index (χ1n) is 12.4. The average Bonchev–Trinajstić information content (AvgIpc) is 3.53. The van der Waals surface area contributed by atoms with Gasteiger partial charge in [0.2, 0.25) is 0 Å². The van der Waals surface area contributed by atoms with Crippen LogP contribution in [0, 0.1) is 0 Å². The highest BCUT2D eigenvalue weighted by Gasteiger charge is 2.49. The van der Waals surface area contributed by atoms with Crippen LogP contribution < -0.4 is 5.73 Å². The number of aliphatic hydroxyl groups excluding tert-OH is 5. The second kappa shape index (κ2) is 15.0. The summed E-state index contributed by atoms with van der Waals surface area (Å²) in [5.41, 5.74) is 6.40. The summed E-state index contributed by atoms with van der Waals surface area (Å²) in [6.07, 6.45) is -10.6. The van der Waals surface area contributed by atoms with E-state index in [9.17, 15) is 39.3 Å². The highest BCUT2D eigenvalue weighted by Crippen LogP contribution is 2.61. The second-order valence-corrected chi connectivity index (χ2v) is 12.2. The molecule has 23 heteroatoms. The minimum atomic E-state index is -5.64. The van der Waals surface area contributed by atoms with E-state index < -0.39 is 90.7 Å². The van der Waals surface area contributed by atoms with Gasteiger partial charge in [0.15, 0.2) is 24.0 Å². The van der Waals surface area contributed by atoms with Crippen molar-refractivity contribution in [3.63, 3.8) is 0 Å². The highest BCUT2D eigenvalue weighted by atomic mass is 31.3. The minimum Gasteiger partial charge on any atom is -0.394 e. The van der Waals surface area contributed by atoms with Gasteiger partial charge in [0.25, 0.3) is 0 Å². The number of aliphatic hydroxyl groups is 5. The Bertz CT molecular complexity index is 1290. The van der Waals surface area contributed by atoms with Crippen molar-refractivity contribution < 1.29 is 76.8 Å². The quantitative estimate of drug-likeness (QED) is 0.0634. The number of nitrogens with zero attached hydrogens (tertiary/aromatic N) is 4. The summed E-state index contributed by atoms with van der Waals surface area (Å²) in [4.78, 5) is 32.5. The third-order valence-corrected chi connectivity index (χ3v) is 8.77. The van der Waals surface area contributed by atoms with Gasteiger partial charge in [-0.2, -0.15) is 4.31 Å². The van der Waals surface area contributed by atoms with E-state index in [-0.39, 0.29) is 17.0 Å². The molecular weight excluding hydrogens is 628 g/mol. The first-order chi connectivity index (χ1) is 20.2. The second-order valence-electron chi connectivity index (χ2n) is 9.18. The molecule has 1 saturated heterocycles. The zero-order valence-corrected chi connectivity index (χ0v) is 24.8. The maximum absolute atomic E-state index is 12.6. The van der Waals surface area contributed by atoms with E-state index in [0.29, 0.717) is 0 Å². The van der Waals surface area contributed by atoms with E-state index in [0.717, 1.165) is 6.92 Å². The predicted octanol–water partition coefficient (Wildman–Crippen LogP) is -2.61. The maximum atomic E-state index is 12.6. The number of imidazole rings is 1. The molecule has 2 aromatic heterocycles. The number of hydrogen-bond acceptors (Lipinski definition) is 18. The summed E-state index contributed by atoms with van der Waals surface area (Å²) in [7, 11) is -8.41. The van der Waals surface area contributed by atoms with Gasteiger partial charge in [-0.1, -0.05) is 0 Å². The molecule has 2 aromatic rings. The van der Waals surface area contributed by atoms with Gasteiger partial charge in [0.1, 0.15) is 48.5 Å². The molecule has 0 spiro atoms. The number of hydrogen-bond donors (Lipinski definition) is 8. The molecule has 0 aliphatic carbocycles. The molecule has 1 fully saturated rings. The fraction of sp³-hybridized carbons (Fsp3) is 0.750. The topological polar surface area (TPSA) is 310 Å². The van der Waals surface area contributed by atoms with Gasteiger partial charge in [-0.25, -0.2) is 24.1 Å². The number of phosphoric ester groups is 2. The van der Waals surface area contributed by atoms with Crippen LogP contribution >= 0.6 is 15.6 Å². The molecule has 11 atom stereocenters. The fourth-order valence-electron chi connectivity index (χ4n) is 4.19. The largest absolute Gasteiger partial charge is 0.483 e. The standard InChI is InChI=1S/C20H35N5O16P2/c1-9(28)14(10(29)4-26)39-20(11(30)5-27)40-43(33,34)41-42(31,32)37-6-12-15(35-2)16(36-3)19(38-12)25-8-24-13-17(21)22-7-23-18(13)25/h7-12,14-16,19-20,26-30H,4-6H2,1-3H3,(H,31,32)(H,33,34)(H2,21,22,23)/t9-,10+,11+,12?,14?,15?,16?,19?,20?/m0/s1. The molecule has 21 nitrogen and oxygen atoms in total. The lowest BCUT2D eigenvalue weighted by Gasteiger charge is -2.31. The van der Waals surface area contributed by atoms with Gasteiger partial charge in [-0.05, 0) is 6.92 Å². The van der Waals surface area contributed by atoms with E-state index in [4.69, 9.17) is 34.3 Å². The van der Waals surface area contributed by atoms with Crippen molar-refractivity contribution in [1.82, 2.24) is 19.5 Å². The third kappa shape index (κ3) is 8.70. The number of phosphoric acid groups is 2. The van der Waals surface area contributed by atoms with Crippen LogP contribution in [0.1, 0.15) is 13.2 Å². The molecule has 0 saturated carbocycles. The molecular formula is C20H35N5O16P2. The summed E-state index contributed by atoms with van der Waals surface area (Å²) >= 11 is 0. The molecule has 3 heterocycles. The molecule has 43 heavy (non-hydrogen) atoms. The first-order valence-corrected chi connectivity index (χ1v) is 15.4. The number of aromatic nitrogens is 4. The van der Waals surface area contributed by atoms with Crippen LogP contribution in [0.3, 0.4) is 0 Å². The molecule has 0 amide bonds. The molecule has 1 aliphatic rings. The van der Waals surface area contributed by atoms with Crippen LogP contribution in [-0.4, -0.2) is 138 Å². The van der Waals surface area contributed by atoms with Crippen molar-refractivity contribution in [2.24, 2.45) is 0 Å². The Morgan fingerprint density at radius 3 is 2.26 bits per heavy atom. The normalized spacial score (nSPS) is 27.3. The number of rotatable bonds is 17. The van der Waals surface area contributed by atoms with E-state index in [1.807, 2.05) is 0 Å². The Morgan fingerprint density at radius 2 is 1.67 bits per heavy atom. The van der Waals surface area contributed by atoms with Gasteiger partial charge in [-0.3, -0.25) is 13.6 Å². The summed E-state index contributed by atoms with van der Waals surface area (Å²) in [5, 5.41) is 48.0. The Labute approximate surface area is 243 Å². The molecule has 9 N–H and O–H groups in total. The van der Waals surface area contributed by atoms with Crippen LogP contribution in [0.25, 0.3) is 11.2 Å². The van der Waals surface area contributed by atoms with E-state index in [1.54, 1.807) is 0 Å². The highest BCUT2D eigenvalue weighted by molar-refractivity contribution is 7.61. The number of ether oxygens (including phenoxy) is 4. The van der Waals surface area contributed by atoms with Gasteiger partial charge in [0.05, 0.1) is 32.3 Å².